The molecule has 0 aromatic heterocycles. The minimum atomic E-state index is 0.103. The molecule has 1 aliphatic rings. The monoisotopic (exact) mass is 283 g/mol. The van der Waals surface area contributed by atoms with Gasteiger partial charge in [0.05, 0.1) is 0 Å². The predicted molar refractivity (Wildman–Crippen MR) is 84.0 cm³/mol. The molecule has 1 unspecified atom stereocenters. The highest BCUT2D eigenvalue weighted by Crippen LogP contribution is 2.29. The Labute approximate surface area is 125 Å². The van der Waals surface area contributed by atoms with Gasteiger partial charge in [-0.2, -0.15) is 0 Å². The van der Waals surface area contributed by atoms with E-state index >= 15 is 0 Å². The van der Waals surface area contributed by atoms with Gasteiger partial charge in [0, 0.05) is 18.5 Å². The Hall–Kier alpha value is -2.00. The fourth-order valence-electron chi connectivity index (χ4n) is 2.71. The zero-order valence-electron chi connectivity index (χ0n) is 12.6. The molecule has 1 atom stereocenters. The maximum Gasteiger partial charge on any atom is 0.137 e. The highest BCUT2D eigenvalue weighted by molar-refractivity contribution is 5.38. The van der Waals surface area contributed by atoms with Gasteiger partial charge in [-0.15, -0.1) is 0 Å². The third-order valence-electron chi connectivity index (χ3n) is 3.72. The lowest BCUT2D eigenvalue weighted by Crippen LogP contribution is -2.23. The van der Waals surface area contributed by atoms with Crippen LogP contribution in [0.4, 0.5) is 0 Å². The van der Waals surface area contributed by atoms with E-state index in [2.05, 4.69) is 36.5 Å². The molecule has 0 saturated heterocycles. The van der Waals surface area contributed by atoms with Gasteiger partial charge in [0.1, 0.15) is 24.2 Å². The lowest BCUT2D eigenvalue weighted by atomic mass is 10.1. The number of rotatable bonds is 5. The molecular weight excluding hydrogens is 262 g/mol. The molecule has 1 N–H and O–H groups in total. The zero-order chi connectivity index (χ0) is 14.7. The predicted octanol–water partition coefficient (Wildman–Crippen LogP) is 3.10. The normalized spacial score (nSPS) is 16.4. The topological polar surface area (TPSA) is 30.5 Å². The van der Waals surface area contributed by atoms with Crippen LogP contribution in [-0.4, -0.2) is 19.8 Å². The van der Waals surface area contributed by atoms with Crippen LogP contribution in [0.25, 0.3) is 0 Å². The number of benzene rings is 2. The SMILES string of the molecule is CNCc1cc(C)ccc1OCC1Cc2ccccc2O1. The Morgan fingerprint density at radius 1 is 1.24 bits per heavy atom. The maximum absolute atomic E-state index is 5.99. The van der Waals surface area contributed by atoms with Crippen LogP contribution in [0.3, 0.4) is 0 Å². The van der Waals surface area contributed by atoms with Gasteiger partial charge < -0.3 is 14.8 Å². The molecule has 0 saturated carbocycles. The van der Waals surface area contributed by atoms with E-state index in [1.807, 2.05) is 25.2 Å². The summed E-state index contributed by atoms with van der Waals surface area (Å²) in [6, 6.07) is 14.5. The smallest absolute Gasteiger partial charge is 0.137 e. The third-order valence-corrected chi connectivity index (χ3v) is 3.72. The van der Waals surface area contributed by atoms with Crippen LogP contribution in [0.1, 0.15) is 16.7 Å². The van der Waals surface area contributed by atoms with Crippen LogP contribution in [-0.2, 0) is 13.0 Å². The van der Waals surface area contributed by atoms with Crippen LogP contribution in [0.2, 0.25) is 0 Å². The highest BCUT2D eigenvalue weighted by Gasteiger charge is 2.23. The van der Waals surface area contributed by atoms with E-state index in [4.69, 9.17) is 9.47 Å². The second-order valence-corrected chi connectivity index (χ2v) is 5.50. The Morgan fingerprint density at radius 3 is 2.90 bits per heavy atom. The van der Waals surface area contributed by atoms with E-state index < -0.39 is 0 Å². The third kappa shape index (κ3) is 3.19. The van der Waals surface area contributed by atoms with Crippen LogP contribution >= 0.6 is 0 Å². The van der Waals surface area contributed by atoms with E-state index in [0.717, 1.165) is 24.5 Å². The Kier molecular flexibility index (Phi) is 4.11. The summed E-state index contributed by atoms with van der Waals surface area (Å²) in [5.74, 6) is 1.93. The molecular formula is C18H21NO2. The molecule has 21 heavy (non-hydrogen) atoms. The first-order valence-electron chi connectivity index (χ1n) is 7.38. The molecule has 0 aliphatic carbocycles. The summed E-state index contributed by atoms with van der Waals surface area (Å²) in [5, 5.41) is 3.18. The molecule has 110 valence electrons. The minimum absolute atomic E-state index is 0.103. The second kappa shape index (κ2) is 6.19. The summed E-state index contributed by atoms with van der Waals surface area (Å²) in [6.07, 6.45) is 1.02. The van der Waals surface area contributed by atoms with Crippen molar-refractivity contribution >= 4 is 0 Å². The molecule has 3 nitrogen and oxygen atoms in total. The van der Waals surface area contributed by atoms with Crippen LogP contribution in [0, 0.1) is 6.92 Å². The van der Waals surface area contributed by atoms with Crippen molar-refractivity contribution in [3.63, 3.8) is 0 Å². The van der Waals surface area contributed by atoms with Crippen molar-refractivity contribution in [1.82, 2.24) is 5.32 Å². The van der Waals surface area contributed by atoms with Crippen molar-refractivity contribution in [2.45, 2.75) is 26.0 Å². The molecule has 0 bridgehead atoms. The number of nitrogens with one attached hydrogen (secondary N) is 1. The summed E-state index contributed by atoms with van der Waals surface area (Å²) in [4.78, 5) is 0. The van der Waals surface area contributed by atoms with Gasteiger partial charge in [0.2, 0.25) is 0 Å². The summed E-state index contributed by atoms with van der Waals surface area (Å²) < 4.78 is 11.9. The molecule has 1 heterocycles. The zero-order valence-corrected chi connectivity index (χ0v) is 12.6. The van der Waals surface area contributed by atoms with E-state index in [1.165, 1.54) is 16.7 Å². The average molecular weight is 283 g/mol. The van der Waals surface area contributed by atoms with Crippen LogP contribution < -0.4 is 14.8 Å². The quantitative estimate of drug-likeness (QED) is 0.914. The van der Waals surface area contributed by atoms with Crippen molar-refractivity contribution < 1.29 is 9.47 Å². The number of hydrogen-bond donors (Lipinski definition) is 1. The van der Waals surface area contributed by atoms with Crippen molar-refractivity contribution in [2.24, 2.45) is 0 Å². The molecule has 1 aliphatic heterocycles. The van der Waals surface area contributed by atoms with E-state index in [9.17, 15) is 0 Å². The number of para-hydroxylation sites is 1. The fraction of sp³-hybridized carbons (Fsp3) is 0.333. The molecule has 2 aromatic rings. The van der Waals surface area contributed by atoms with Crippen LogP contribution in [0.15, 0.2) is 42.5 Å². The summed E-state index contributed by atoms with van der Waals surface area (Å²) in [7, 11) is 1.95. The van der Waals surface area contributed by atoms with Gasteiger partial charge >= 0.3 is 0 Å². The van der Waals surface area contributed by atoms with E-state index in [1.54, 1.807) is 0 Å². The number of fused-ring (bicyclic) bond motifs is 1. The number of ether oxygens (including phenoxy) is 2. The first-order valence-corrected chi connectivity index (χ1v) is 7.38. The summed E-state index contributed by atoms with van der Waals surface area (Å²) >= 11 is 0. The van der Waals surface area contributed by atoms with Gasteiger partial charge in [-0.25, -0.2) is 0 Å². The molecule has 2 aromatic carbocycles. The first-order chi connectivity index (χ1) is 10.3. The standard InChI is InChI=1S/C18H21NO2/c1-13-7-8-17(15(9-13)11-19-2)20-12-16-10-14-5-3-4-6-18(14)21-16/h3-9,16,19H,10-12H2,1-2H3. The Bertz CT molecular complexity index is 599. The first kappa shape index (κ1) is 14.0. The molecule has 3 heteroatoms. The summed E-state index contributed by atoms with van der Waals surface area (Å²) in [5.41, 5.74) is 3.70. The van der Waals surface area contributed by atoms with Gasteiger partial charge in [-0.3, -0.25) is 0 Å². The van der Waals surface area contributed by atoms with Gasteiger partial charge in [0.15, 0.2) is 0 Å². The average Bonchev–Trinajstić information content (AvgIpc) is 2.89. The lowest BCUT2D eigenvalue weighted by molar-refractivity contribution is 0.147. The van der Waals surface area contributed by atoms with Gasteiger partial charge in [-0.05, 0) is 31.7 Å². The fourth-order valence-corrected chi connectivity index (χ4v) is 2.71. The van der Waals surface area contributed by atoms with Crippen molar-refractivity contribution in [3.8, 4) is 11.5 Å². The van der Waals surface area contributed by atoms with E-state index in [-0.39, 0.29) is 6.10 Å². The van der Waals surface area contributed by atoms with Crippen molar-refractivity contribution in [1.29, 1.82) is 0 Å². The number of hydrogen-bond acceptors (Lipinski definition) is 3. The molecule has 3 rings (SSSR count). The van der Waals surface area contributed by atoms with E-state index in [0.29, 0.717) is 6.61 Å². The molecule has 0 amide bonds. The maximum atomic E-state index is 5.99. The Balaban J connectivity index is 1.64. The lowest BCUT2D eigenvalue weighted by Gasteiger charge is -2.15. The number of aryl methyl sites for hydroxylation is 1. The molecule has 0 spiro atoms. The summed E-state index contributed by atoms with van der Waals surface area (Å²) in [6.45, 7) is 3.48. The van der Waals surface area contributed by atoms with Gasteiger partial charge in [0.25, 0.3) is 0 Å². The molecule has 0 radical (unpaired) electrons. The van der Waals surface area contributed by atoms with Crippen molar-refractivity contribution in [2.75, 3.05) is 13.7 Å². The van der Waals surface area contributed by atoms with Crippen LogP contribution in [0.5, 0.6) is 11.5 Å². The minimum Gasteiger partial charge on any atom is -0.489 e. The second-order valence-electron chi connectivity index (χ2n) is 5.50. The van der Waals surface area contributed by atoms with Crippen molar-refractivity contribution in [3.05, 3.63) is 59.2 Å². The Morgan fingerprint density at radius 2 is 2.10 bits per heavy atom. The highest BCUT2D eigenvalue weighted by atomic mass is 16.5. The largest absolute Gasteiger partial charge is 0.489 e. The molecule has 0 fully saturated rings. The van der Waals surface area contributed by atoms with Gasteiger partial charge in [-0.1, -0.05) is 35.9 Å².